The molecule has 0 aliphatic heterocycles. The van der Waals surface area contributed by atoms with E-state index in [2.05, 4.69) is 21.9 Å². The van der Waals surface area contributed by atoms with Gasteiger partial charge in [0, 0.05) is 5.02 Å². The molecule has 1 atom stereocenters. The van der Waals surface area contributed by atoms with Crippen LogP contribution in [0.25, 0.3) is 0 Å². The predicted molar refractivity (Wildman–Crippen MR) is 147 cm³/mol. The zero-order chi connectivity index (χ0) is 26.9. The number of hydrogen-bond donors (Lipinski definition) is 2. The molecular weight excluding hydrogens is 513 g/mol. The molecule has 0 aliphatic carbocycles. The number of amides is 2. The Hall–Kier alpha value is -3.55. The van der Waals surface area contributed by atoms with Crippen molar-refractivity contribution in [2.45, 2.75) is 33.4 Å². The van der Waals surface area contributed by atoms with Crippen molar-refractivity contribution in [2.75, 3.05) is 7.11 Å². The lowest BCUT2D eigenvalue weighted by Gasteiger charge is -2.20. The van der Waals surface area contributed by atoms with Gasteiger partial charge in [0.25, 0.3) is 11.8 Å². The molecule has 9 heteroatoms. The molecule has 0 fully saturated rings. The Balaban J connectivity index is 1.62. The Morgan fingerprint density at radius 1 is 1.03 bits per heavy atom. The van der Waals surface area contributed by atoms with Gasteiger partial charge in [-0.05, 0) is 60.4 Å². The molecule has 3 aromatic rings. The first-order valence-corrected chi connectivity index (χ1v) is 12.4. The first-order chi connectivity index (χ1) is 17.7. The van der Waals surface area contributed by atoms with Gasteiger partial charge >= 0.3 is 0 Å². The van der Waals surface area contributed by atoms with Crippen LogP contribution >= 0.6 is 23.2 Å². The standard InChI is InChI=1S/C28H29Cl2N3O4/c1-17(2)26(32-27(34)22-10-9-21(29)14-23(22)30)28(35)33-31-15-19-8-11-24(25(13-19)36-4)37-16-20-7-5-6-18(3)12-20/h5-15,17,26H,16H2,1-4H3,(H,32,34)(H,33,35)/b31-15-. The predicted octanol–water partition coefficient (Wildman–Crippen LogP) is 5.79. The highest BCUT2D eigenvalue weighted by molar-refractivity contribution is 6.36. The van der Waals surface area contributed by atoms with Crippen LogP contribution in [0, 0.1) is 12.8 Å². The number of halogens is 2. The Labute approximate surface area is 226 Å². The van der Waals surface area contributed by atoms with E-state index >= 15 is 0 Å². The van der Waals surface area contributed by atoms with Crippen LogP contribution in [0.2, 0.25) is 10.0 Å². The minimum atomic E-state index is -0.830. The number of nitrogens with one attached hydrogen (secondary N) is 2. The summed E-state index contributed by atoms with van der Waals surface area (Å²) in [4.78, 5) is 25.4. The van der Waals surface area contributed by atoms with Gasteiger partial charge in [0.15, 0.2) is 11.5 Å². The zero-order valence-electron chi connectivity index (χ0n) is 21.0. The Kier molecular flexibility index (Phi) is 9.94. The maximum atomic E-state index is 12.8. The van der Waals surface area contributed by atoms with Gasteiger partial charge in [-0.1, -0.05) is 66.9 Å². The number of benzene rings is 3. The van der Waals surface area contributed by atoms with Gasteiger partial charge in [0.2, 0.25) is 0 Å². The Morgan fingerprint density at radius 2 is 1.81 bits per heavy atom. The molecular formula is C28H29Cl2N3O4. The minimum Gasteiger partial charge on any atom is -0.493 e. The first-order valence-electron chi connectivity index (χ1n) is 11.6. The van der Waals surface area contributed by atoms with Gasteiger partial charge in [-0.25, -0.2) is 5.43 Å². The summed E-state index contributed by atoms with van der Waals surface area (Å²) < 4.78 is 11.4. The van der Waals surface area contributed by atoms with Crippen LogP contribution in [-0.2, 0) is 11.4 Å². The van der Waals surface area contributed by atoms with Crippen molar-refractivity contribution in [3.8, 4) is 11.5 Å². The number of hydrogen-bond acceptors (Lipinski definition) is 5. The second-order valence-corrected chi connectivity index (χ2v) is 9.59. The highest BCUT2D eigenvalue weighted by Gasteiger charge is 2.25. The zero-order valence-corrected chi connectivity index (χ0v) is 22.6. The van der Waals surface area contributed by atoms with Gasteiger partial charge in [-0.15, -0.1) is 0 Å². The average Bonchev–Trinajstić information content (AvgIpc) is 2.86. The summed E-state index contributed by atoms with van der Waals surface area (Å²) in [6.45, 7) is 6.07. The van der Waals surface area contributed by atoms with Crippen molar-refractivity contribution in [3.05, 3.63) is 93.0 Å². The van der Waals surface area contributed by atoms with Crippen LogP contribution in [0.4, 0.5) is 0 Å². The second kappa shape index (κ2) is 13.1. The summed E-state index contributed by atoms with van der Waals surface area (Å²) in [6, 6.07) is 17.1. The van der Waals surface area contributed by atoms with E-state index in [4.69, 9.17) is 32.7 Å². The van der Waals surface area contributed by atoms with Gasteiger partial charge in [-0.2, -0.15) is 5.10 Å². The summed E-state index contributed by atoms with van der Waals surface area (Å²) in [6.07, 6.45) is 1.49. The van der Waals surface area contributed by atoms with Crippen LogP contribution in [-0.4, -0.2) is 31.2 Å². The number of carbonyl (C=O) groups is 2. The molecule has 0 saturated carbocycles. The van der Waals surface area contributed by atoms with Crippen molar-refractivity contribution in [1.82, 2.24) is 10.7 Å². The SMILES string of the molecule is COc1cc(/C=N\NC(=O)C(NC(=O)c2ccc(Cl)cc2Cl)C(C)C)ccc1OCc1cccc(C)c1. The van der Waals surface area contributed by atoms with E-state index in [9.17, 15) is 9.59 Å². The molecule has 0 aromatic heterocycles. The fourth-order valence-electron chi connectivity index (χ4n) is 3.51. The molecule has 0 saturated heterocycles. The van der Waals surface area contributed by atoms with Crippen molar-refractivity contribution in [2.24, 2.45) is 11.0 Å². The quantitative estimate of drug-likeness (QED) is 0.251. The van der Waals surface area contributed by atoms with E-state index in [0.717, 1.165) is 11.1 Å². The monoisotopic (exact) mass is 541 g/mol. The third kappa shape index (κ3) is 7.97. The smallest absolute Gasteiger partial charge is 0.262 e. The fourth-order valence-corrected chi connectivity index (χ4v) is 4.01. The molecule has 2 amide bonds. The summed E-state index contributed by atoms with van der Waals surface area (Å²) in [5.41, 5.74) is 5.62. The summed E-state index contributed by atoms with van der Waals surface area (Å²) >= 11 is 12.0. The summed E-state index contributed by atoms with van der Waals surface area (Å²) in [7, 11) is 1.56. The van der Waals surface area contributed by atoms with Crippen molar-refractivity contribution in [1.29, 1.82) is 0 Å². The number of nitrogens with zero attached hydrogens (tertiary/aromatic N) is 1. The van der Waals surface area contributed by atoms with Gasteiger partial charge in [-0.3, -0.25) is 9.59 Å². The molecule has 0 aliphatic rings. The molecule has 3 aromatic carbocycles. The number of hydrazone groups is 1. The molecule has 0 heterocycles. The van der Waals surface area contributed by atoms with Crippen LogP contribution in [0.1, 0.15) is 40.9 Å². The molecule has 1 unspecified atom stereocenters. The number of ether oxygens (including phenoxy) is 2. The highest BCUT2D eigenvalue weighted by Crippen LogP contribution is 2.28. The van der Waals surface area contributed by atoms with Crippen molar-refractivity contribution in [3.63, 3.8) is 0 Å². The minimum absolute atomic E-state index is 0.199. The van der Waals surface area contributed by atoms with Crippen molar-refractivity contribution >= 4 is 41.2 Å². The van der Waals surface area contributed by atoms with E-state index < -0.39 is 17.9 Å². The lowest BCUT2D eigenvalue weighted by Crippen LogP contribution is -2.48. The van der Waals surface area contributed by atoms with E-state index in [1.165, 1.54) is 18.3 Å². The van der Waals surface area contributed by atoms with Crippen LogP contribution in [0.5, 0.6) is 11.5 Å². The maximum Gasteiger partial charge on any atom is 0.262 e. The molecule has 3 rings (SSSR count). The molecule has 194 valence electrons. The highest BCUT2D eigenvalue weighted by atomic mass is 35.5. The summed E-state index contributed by atoms with van der Waals surface area (Å²) in [5, 5.41) is 7.37. The Morgan fingerprint density at radius 3 is 2.49 bits per heavy atom. The molecule has 0 spiro atoms. The lowest BCUT2D eigenvalue weighted by atomic mass is 10.0. The Bertz CT molecular complexity index is 1290. The topological polar surface area (TPSA) is 89.0 Å². The maximum absolute atomic E-state index is 12.8. The third-order valence-electron chi connectivity index (χ3n) is 5.46. The first kappa shape index (κ1) is 28.0. The van der Waals surface area contributed by atoms with Crippen LogP contribution < -0.4 is 20.2 Å². The fraction of sp³-hybridized carbons (Fsp3) is 0.250. The normalized spacial score (nSPS) is 11.9. The van der Waals surface area contributed by atoms with E-state index in [1.807, 2.05) is 39.0 Å². The largest absolute Gasteiger partial charge is 0.493 e. The molecule has 7 nitrogen and oxygen atoms in total. The third-order valence-corrected chi connectivity index (χ3v) is 6.01. The molecule has 0 radical (unpaired) electrons. The number of methoxy groups -OCH3 is 1. The van der Waals surface area contributed by atoms with Crippen molar-refractivity contribution < 1.29 is 19.1 Å². The molecule has 0 bridgehead atoms. The van der Waals surface area contributed by atoms with Gasteiger partial charge in [0.1, 0.15) is 12.6 Å². The van der Waals surface area contributed by atoms with Crippen LogP contribution in [0.15, 0.2) is 65.8 Å². The van der Waals surface area contributed by atoms with E-state index in [0.29, 0.717) is 28.7 Å². The number of rotatable bonds is 10. The summed E-state index contributed by atoms with van der Waals surface area (Å²) in [5.74, 6) is -0.0147. The van der Waals surface area contributed by atoms with E-state index in [-0.39, 0.29) is 16.5 Å². The van der Waals surface area contributed by atoms with E-state index in [1.54, 1.807) is 31.4 Å². The second-order valence-electron chi connectivity index (χ2n) is 8.74. The van der Waals surface area contributed by atoms with Gasteiger partial charge < -0.3 is 14.8 Å². The van der Waals surface area contributed by atoms with Crippen LogP contribution in [0.3, 0.4) is 0 Å². The lowest BCUT2D eigenvalue weighted by molar-refractivity contribution is -0.123. The molecule has 37 heavy (non-hydrogen) atoms. The number of carbonyl (C=O) groups excluding carboxylic acids is 2. The average molecular weight is 542 g/mol. The van der Waals surface area contributed by atoms with Gasteiger partial charge in [0.05, 0.1) is 23.9 Å². The number of aryl methyl sites for hydroxylation is 1. The molecule has 2 N–H and O–H groups in total.